The molecule has 1 amide bonds. The van der Waals surface area contributed by atoms with E-state index in [2.05, 4.69) is 10.3 Å². The van der Waals surface area contributed by atoms with Crippen LogP contribution in [0.4, 0.5) is 4.39 Å². The zero-order valence-electron chi connectivity index (χ0n) is 16.3. The first kappa shape index (κ1) is 20.1. The smallest absolute Gasteiger partial charge is 0.257 e. The third-order valence-electron chi connectivity index (χ3n) is 5.01. The number of methoxy groups -OCH3 is 2. The average Bonchev–Trinajstić information content (AvgIpc) is 3.01. The van der Waals surface area contributed by atoms with Gasteiger partial charge in [-0.25, -0.2) is 4.39 Å². The van der Waals surface area contributed by atoms with Crippen molar-refractivity contribution in [1.82, 2.24) is 15.2 Å². The highest BCUT2D eigenvalue weighted by Gasteiger charge is 2.29. The topological polar surface area (TPSA) is 63.7 Å². The summed E-state index contributed by atoms with van der Waals surface area (Å²) in [6.45, 7) is 2.08. The third-order valence-corrected chi connectivity index (χ3v) is 5.01. The molecule has 1 aromatic carbocycles. The number of aromatic nitrogens is 1. The lowest BCUT2D eigenvalue weighted by molar-refractivity contribution is 0.0637. The Balaban J connectivity index is 1.95. The van der Waals surface area contributed by atoms with Gasteiger partial charge in [-0.15, -0.1) is 0 Å². The molecule has 6 nitrogen and oxygen atoms in total. The molecule has 0 aliphatic carbocycles. The standard InChI is InChI=1S/C21H26FN3O3/c1-27-19-12-17(18(22)13-20(19)28-2)21(26)25(14-15-6-3-4-10-24-15)16-7-5-9-23-11-8-16/h3-4,6,10,12-13,16,23H,5,7-9,11,14H2,1-2H3. The summed E-state index contributed by atoms with van der Waals surface area (Å²) in [5.74, 6) is -0.407. The van der Waals surface area contributed by atoms with Gasteiger partial charge in [0.15, 0.2) is 11.5 Å². The largest absolute Gasteiger partial charge is 0.493 e. The second kappa shape index (κ2) is 9.50. The number of benzene rings is 1. The van der Waals surface area contributed by atoms with E-state index in [1.807, 2.05) is 18.2 Å². The number of nitrogens with zero attached hydrogens (tertiary/aromatic N) is 2. The van der Waals surface area contributed by atoms with Gasteiger partial charge in [-0.3, -0.25) is 9.78 Å². The Bertz CT molecular complexity index is 793. The summed E-state index contributed by atoms with van der Waals surface area (Å²) < 4.78 is 25.1. The number of hydrogen-bond donors (Lipinski definition) is 1. The van der Waals surface area contributed by atoms with Gasteiger partial charge in [-0.05, 0) is 50.6 Å². The number of amides is 1. The second-order valence-electron chi connectivity index (χ2n) is 6.78. The number of carbonyl (C=O) groups excluding carboxylic acids is 1. The van der Waals surface area contributed by atoms with Crippen LogP contribution in [-0.4, -0.2) is 49.1 Å². The Morgan fingerprint density at radius 3 is 2.71 bits per heavy atom. The molecule has 2 heterocycles. The monoisotopic (exact) mass is 387 g/mol. The minimum absolute atomic E-state index is 0.0111. The lowest BCUT2D eigenvalue weighted by atomic mass is 10.0. The van der Waals surface area contributed by atoms with E-state index in [0.717, 1.165) is 38.0 Å². The maximum absolute atomic E-state index is 14.7. The van der Waals surface area contributed by atoms with Crippen molar-refractivity contribution < 1.29 is 18.7 Å². The van der Waals surface area contributed by atoms with Crippen LogP contribution in [0.3, 0.4) is 0 Å². The Labute approximate surface area is 164 Å². The molecule has 0 bridgehead atoms. The molecule has 28 heavy (non-hydrogen) atoms. The molecular formula is C21H26FN3O3. The minimum atomic E-state index is -0.625. The Hall–Kier alpha value is -2.67. The van der Waals surface area contributed by atoms with Gasteiger partial charge >= 0.3 is 0 Å². The fourth-order valence-electron chi connectivity index (χ4n) is 3.52. The third kappa shape index (κ3) is 4.59. The van der Waals surface area contributed by atoms with Gasteiger partial charge in [0.05, 0.1) is 32.0 Å². The molecule has 1 fully saturated rings. The highest BCUT2D eigenvalue weighted by Crippen LogP contribution is 2.31. The van der Waals surface area contributed by atoms with Crippen LogP contribution in [0.2, 0.25) is 0 Å². The van der Waals surface area contributed by atoms with E-state index in [1.165, 1.54) is 26.4 Å². The number of ether oxygens (including phenoxy) is 2. The van der Waals surface area contributed by atoms with E-state index in [9.17, 15) is 9.18 Å². The van der Waals surface area contributed by atoms with Gasteiger partial charge in [0.2, 0.25) is 0 Å². The summed E-state index contributed by atoms with van der Waals surface area (Å²) in [4.78, 5) is 19.5. The van der Waals surface area contributed by atoms with Crippen LogP contribution < -0.4 is 14.8 Å². The van der Waals surface area contributed by atoms with E-state index in [-0.39, 0.29) is 23.3 Å². The fraction of sp³-hybridized carbons (Fsp3) is 0.429. The van der Waals surface area contributed by atoms with Crippen molar-refractivity contribution in [2.75, 3.05) is 27.3 Å². The predicted molar refractivity (Wildman–Crippen MR) is 104 cm³/mol. The van der Waals surface area contributed by atoms with Gasteiger partial charge < -0.3 is 19.7 Å². The zero-order chi connectivity index (χ0) is 19.9. The molecule has 0 saturated carbocycles. The van der Waals surface area contributed by atoms with E-state index < -0.39 is 5.82 Å². The molecule has 150 valence electrons. The number of rotatable bonds is 6. The summed E-state index contributed by atoms with van der Waals surface area (Å²) in [5.41, 5.74) is 0.750. The summed E-state index contributed by atoms with van der Waals surface area (Å²) in [6, 6.07) is 8.21. The summed E-state index contributed by atoms with van der Waals surface area (Å²) in [5, 5.41) is 3.36. The van der Waals surface area contributed by atoms with Gasteiger partial charge in [-0.1, -0.05) is 6.07 Å². The van der Waals surface area contributed by atoms with Crippen molar-refractivity contribution >= 4 is 5.91 Å². The quantitative estimate of drug-likeness (QED) is 0.826. The van der Waals surface area contributed by atoms with Crippen molar-refractivity contribution in [2.45, 2.75) is 31.8 Å². The number of halogens is 1. The second-order valence-corrected chi connectivity index (χ2v) is 6.78. The normalized spacial score (nSPS) is 16.9. The van der Waals surface area contributed by atoms with Crippen molar-refractivity contribution in [2.24, 2.45) is 0 Å². The van der Waals surface area contributed by atoms with Crippen LogP contribution in [0, 0.1) is 5.82 Å². The van der Waals surface area contributed by atoms with Gasteiger partial charge in [-0.2, -0.15) is 0 Å². The van der Waals surface area contributed by atoms with E-state index in [0.29, 0.717) is 12.3 Å². The van der Waals surface area contributed by atoms with Crippen LogP contribution in [-0.2, 0) is 6.54 Å². The molecule has 3 rings (SSSR count). The van der Waals surface area contributed by atoms with Crippen LogP contribution in [0.25, 0.3) is 0 Å². The van der Waals surface area contributed by atoms with Gasteiger partial charge in [0.1, 0.15) is 5.82 Å². The molecule has 1 N–H and O–H groups in total. The summed E-state index contributed by atoms with van der Waals surface area (Å²) in [7, 11) is 2.90. The Morgan fingerprint density at radius 2 is 2.00 bits per heavy atom. The van der Waals surface area contributed by atoms with Crippen molar-refractivity contribution in [3.05, 3.63) is 53.6 Å². The van der Waals surface area contributed by atoms with Crippen LogP contribution in [0.5, 0.6) is 11.5 Å². The highest BCUT2D eigenvalue weighted by atomic mass is 19.1. The first-order valence-corrected chi connectivity index (χ1v) is 9.47. The molecular weight excluding hydrogens is 361 g/mol. The molecule has 0 radical (unpaired) electrons. The fourth-order valence-corrected chi connectivity index (χ4v) is 3.52. The molecule has 7 heteroatoms. The molecule has 1 aromatic heterocycles. The average molecular weight is 387 g/mol. The number of carbonyl (C=O) groups is 1. The lowest BCUT2D eigenvalue weighted by Crippen LogP contribution is -2.41. The predicted octanol–water partition coefficient (Wildman–Crippen LogP) is 3.02. The Morgan fingerprint density at radius 1 is 1.21 bits per heavy atom. The first-order chi connectivity index (χ1) is 13.6. The van der Waals surface area contributed by atoms with Gasteiger partial charge in [0.25, 0.3) is 5.91 Å². The van der Waals surface area contributed by atoms with Crippen molar-refractivity contribution in [3.8, 4) is 11.5 Å². The number of nitrogens with one attached hydrogen (secondary N) is 1. The van der Waals surface area contributed by atoms with Gasteiger partial charge in [0, 0.05) is 18.3 Å². The maximum atomic E-state index is 14.7. The van der Waals surface area contributed by atoms with Crippen LogP contribution in [0.15, 0.2) is 36.5 Å². The van der Waals surface area contributed by atoms with E-state index in [4.69, 9.17) is 9.47 Å². The van der Waals surface area contributed by atoms with E-state index >= 15 is 0 Å². The van der Waals surface area contributed by atoms with Crippen molar-refractivity contribution in [1.29, 1.82) is 0 Å². The summed E-state index contributed by atoms with van der Waals surface area (Å²) >= 11 is 0. The molecule has 1 aliphatic rings. The minimum Gasteiger partial charge on any atom is -0.493 e. The molecule has 1 aliphatic heterocycles. The SMILES string of the molecule is COc1cc(F)c(C(=O)N(Cc2ccccn2)C2CCCNCC2)cc1OC. The Kier molecular flexibility index (Phi) is 6.81. The molecule has 2 aromatic rings. The van der Waals surface area contributed by atoms with E-state index in [1.54, 1.807) is 11.1 Å². The number of pyridine rings is 1. The van der Waals surface area contributed by atoms with Crippen LogP contribution >= 0.6 is 0 Å². The number of hydrogen-bond acceptors (Lipinski definition) is 5. The molecule has 1 saturated heterocycles. The van der Waals surface area contributed by atoms with Crippen molar-refractivity contribution in [3.63, 3.8) is 0 Å². The first-order valence-electron chi connectivity index (χ1n) is 9.47. The highest BCUT2D eigenvalue weighted by molar-refractivity contribution is 5.95. The summed E-state index contributed by atoms with van der Waals surface area (Å²) in [6.07, 6.45) is 4.34. The molecule has 0 spiro atoms. The molecule has 1 unspecified atom stereocenters. The maximum Gasteiger partial charge on any atom is 0.257 e. The molecule has 1 atom stereocenters. The van der Waals surface area contributed by atoms with Crippen LogP contribution in [0.1, 0.15) is 35.3 Å². The zero-order valence-corrected chi connectivity index (χ0v) is 16.3. The lowest BCUT2D eigenvalue weighted by Gasteiger charge is -2.31.